The molecule has 4 nitrogen and oxygen atoms in total. The molecule has 2 rings (SSSR count). The van der Waals surface area contributed by atoms with Crippen molar-refractivity contribution in [2.75, 3.05) is 7.05 Å². The molecule has 122 valence electrons. The number of nitrogens with one attached hydrogen (secondary N) is 1. The molecule has 0 aliphatic carbocycles. The normalized spacial score (nSPS) is 11.8. The van der Waals surface area contributed by atoms with Crippen LogP contribution in [0.15, 0.2) is 35.7 Å². The Morgan fingerprint density at radius 3 is 2.65 bits per heavy atom. The molecule has 1 heterocycles. The maximum Gasteiger partial charge on any atom is 0.261 e. The smallest absolute Gasteiger partial charge is 0.261 e. The fraction of sp³-hybridized carbons (Fsp3) is 0.250. The third-order valence-corrected chi connectivity index (χ3v) is 4.13. The Morgan fingerprint density at radius 2 is 2.04 bits per heavy atom. The van der Waals surface area contributed by atoms with Gasteiger partial charge < -0.3 is 10.2 Å². The summed E-state index contributed by atoms with van der Waals surface area (Å²) in [5.74, 6) is -2.07. The van der Waals surface area contributed by atoms with Gasteiger partial charge in [0.15, 0.2) is 0 Å². The third-order valence-electron chi connectivity index (χ3n) is 3.26. The van der Waals surface area contributed by atoms with Crippen molar-refractivity contribution in [3.8, 4) is 0 Å². The van der Waals surface area contributed by atoms with E-state index in [0.717, 1.165) is 12.1 Å². The van der Waals surface area contributed by atoms with Crippen LogP contribution in [-0.2, 0) is 11.3 Å². The first kappa shape index (κ1) is 17.1. The molecule has 23 heavy (non-hydrogen) atoms. The average molecular weight is 338 g/mol. The fourth-order valence-corrected chi connectivity index (χ4v) is 2.68. The van der Waals surface area contributed by atoms with E-state index in [1.165, 1.54) is 29.4 Å². The number of carbonyl (C=O) groups is 2. The van der Waals surface area contributed by atoms with E-state index in [-0.39, 0.29) is 23.9 Å². The molecule has 0 bridgehead atoms. The van der Waals surface area contributed by atoms with Gasteiger partial charge >= 0.3 is 0 Å². The van der Waals surface area contributed by atoms with Crippen LogP contribution in [0.2, 0.25) is 0 Å². The van der Waals surface area contributed by atoms with Crippen LogP contribution in [0.1, 0.15) is 22.2 Å². The van der Waals surface area contributed by atoms with Gasteiger partial charge in [0.05, 0.1) is 4.88 Å². The summed E-state index contributed by atoms with van der Waals surface area (Å²) in [7, 11) is 1.50. The minimum absolute atomic E-state index is 0.00976. The van der Waals surface area contributed by atoms with Crippen LogP contribution in [0, 0.1) is 11.6 Å². The average Bonchev–Trinajstić information content (AvgIpc) is 3.03. The zero-order valence-electron chi connectivity index (χ0n) is 12.7. The van der Waals surface area contributed by atoms with E-state index in [0.29, 0.717) is 4.88 Å². The van der Waals surface area contributed by atoms with Crippen molar-refractivity contribution in [2.45, 2.75) is 19.5 Å². The van der Waals surface area contributed by atoms with Gasteiger partial charge in [-0.15, -0.1) is 11.3 Å². The quantitative estimate of drug-likeness (QED) is 0.911. The molecule has 0 saturated heterocycles. The zero-order chi connectivity index (χ0) is 17.0. The molecule has 0 aliphatic rings. The lowest BCUT2D eigenvalue weighted by Gasteiger charge is -2.22. The van der Waals surface area contributed by atoms with Gasteiger partial charge in [0.2, 0.25) is 5.91 Å². The molecule has 2 amide bonds. The van der Waals surface area contributed by atoms with Crippen LogP contribution in [0.5, 0.6) is 0 Å². The molecular formula is C16H16F2N2O2S. The highest BCUT2D eigenvalue weighted by Crippen LogP contribution is 2.13. The van der Waals surface area contributed by atoms with Crippen LogP contribution >= 0.6 is 11.3 Å². The van der Waals surface area contributed by atoms with E-state index >= 15 is 0 Å². The number of amides is 2. The van der Waals surface area contributed by atoms with Crippen molar-refractivity contribution < 1.29 is 18.4 Å². The number of rotatable bonds is 5. The number of thiophene rings is 1. The van der Waals surface area contributed by atoms with Crippen LogP contribution in [0.4, 0.5) is 8.78 Å². The predicted octanol–water partition coefficient (Wildman–Crippen LogP) is 2.80. The molecule has 0 saturated carbocycles. The third kappa shape index (κ3) is 4.35. The second kappa shape index (κ2) is 7.32. The van der Waals surface area contributed by atoms with Crippen molar-refractivity contribution in [2.24, 2.45) is 0 Å². The molecular weight excluding hydrogens is 322 g/mol. The minimum Gasteiger partial charge on any atom is -0.340 e. The molecule has 1 unspecified atom stereocenters. The number of nitrogens with zero attached hydrogens (tertiary/aromatic N) is 1. The molecule has 0 spiro atoms. The van der Waals surface area contributed by atoms with Crippen LogP contribution in [0.3, 0.4) is 0 Å². The Labute approximate surface area is 136 Å². The van der Waals surface area contributed by atoms with E-state index in [9.17, 15) is 18.4 Å². The Hall–Kier alpha value is -2.28. The summed E-state index contributed by atoms with van der Waals surface area (Å²) in [6.07, 6.45) is 0. The van der Waals surface area contributed by atoms with E-state index < -0.39 is 17.7 Å². The second-order valence-corrected chi connectivity index (χ2v) is 6.05. The van der Waals surface area contributed by atoms with Crippen molar-refractivity contribution in [1.82, 2.24) is 10.2 Å². The first-order valence-electron chi connectivity index (χ1n) is 6.91. The summed E-state index contributed by atoms with van der Waals surface area (Å²) in [6, 6.07) is 5.86. The van der Waals surface area contributed by atoms with Gasteiger partial charge in [-0.05, 0) is 24.4 Å². The number of hydrogen-bond donors (Lipinski definition) is 1. The highest BCUT2D eigenvalue weighted by molar-refractivity contribution is 7.12. The van der Waals surface area contributed by atoms with Gasteiger partial charge in [0.1, 0.15) is 17.7 Å². The topological polar surface area (TPSA) is 49.4 Å². The number of benzene rings is 1. The number of halogens is 2. The van der Waals surface area contributed by atoms with Crippen LogP contribution < -0.4 is 5.32 Å². The maximum atomic E-state index is 13.6. The van der Waals surface area contributed by atoms with E-state index in [1.54, 1.807) is 24.4 Å². The van der Waals surface area contributed by atoms with Crippen LogP contribution in [0.25, 0.3) is 0 Å². The van der Waals surface area contributed by atoms with Gasteiger partial charge in [0.25, 0.3) is 5.91 Å². The van der Waals surface area contributed by atoms with Gasteiger partial charge in [-0.1, -0.05) is 12.1 Å². The SMILES string of the molecule is CC(NC(=O)c1cccs1)C(=O)N(C)Cc1ccc(F)cc1F. The highest BCUT2D eigenvalue weighted by Gasteiger charge is 2.21. The Balaban J connectivity index is 1.97. The monoisotopic (exact) mass is 338 g/mol. The molecule has 1 atom stereocenters. The minimum atomic E-state index is -0.752. The molecule has 0 aliphatic heterocycles. The summed E-state index contributed by atoms with van der Waals surface area (Å²) >= 11 is 1.28. The fourth-order valence-electron chi connectivity index (χ4n) is 2.05. The Kier molecular flexibility index (Phi) is 5.44. The van der Waals surface area contributed by atoms with E-state index in [4.69, 9.17) is 0 Å². The van der Waals surface area contributed by atoms with Crippen LogP contribution in [-0.4, -0.2) is 29.8 Å². The lowest BCUT2D eigenvalue weighted by molar-refractivity contribution is -0.132. The summed E-state index contributed by atoms with van der Waals surface area (Å²) in [4.78, 5) is 26.0. The summed E-state index contributed by atoms with van der Waals surface area (Å²) in [5.41, 5.74) is 0.207. The maximum absolute atomic E-state index is 13.6. The summed E-state index contributed by atoms with van der Waals surface area (Å²) < 4.78 is 26.5. The van der Waals surface area contributed by atoms with Crippen molar-refractivity contribution in [1.29, 1.82) is 0 Å². The predicted molar refractivity (Wildman–Crippen MR) is 84.1 cm³/mol. The van der Waals surface area contributed by atoms with Gasteiger partial charge in [-0.2, -0.15) is 0 Å². The van der Waals surface area contributed by atoms with Gasteiger partial charge in [0, 0.05) is 25.2 Å². The highest BCUT2D eigenvalue weighted by atomic mass is 32.1. The summed E-state index contributed by atoms with van der Waals surface area (Å²) in [6.45, 7) is 1.55. The number of likely N-dealkylation sites (N-methyl/N-ethyl adjacent to an activating group) is 1. The molecule has 1 aromatic heterocycles. The molecule has 1 N–H and O–H groups in total. The lowest BCUT2D eigenvalue weighted by atomic mass is 10.2. The zero-order valence-corrected chi connectivity index (χ0v) is 13.5. The van der Waals surface area contributed by atoms with E-state index in [2.05, 4.69) is 5.32 Å². The largest absolute Gasteiger partial charge is 0.340 e. The number of carbonyl (C=O) groups excluding carboxylic acids is 2. The van der Waals surface area contributed by atoms with Crippen molar-refractivity contribution in [3.05, 3.63) is 57.8 Å². The number of hydrogen-bond acceptors (Lipinski definition) is 3. The second-order valence-electron chi connectivity index (χ2n) is 5.10. The Bertz CT molecular complexity index is 704. The Morgan fingerprint density at radius 1 is 1.30 bits per heavy atom. The molecule has 2 aromatic rings. The van der Waals surface area contributed by atoms with Gasteiger partial charge in [-0.25, -0.2) is 8.78 Å². The summed E-state index contributed by atoms with van der Waals surface area (Å²) in [5, 5.41) is 4.37. The van der Waals surface area contributed by atoms with Crippen molar-refractivity contribution in [3.63, 3.8) is 0 Å². The molecule has 0 fully saturated rings. The van der Waals surface area contributed by atoms with E-state index in [1.807, 2.05) is 0 Å². The first-order chi connectivity index (χ1) is 10.9. The molecule has 7 heteroatoms. The molecule has 0 radical (unpaired) electrons. The van der Waals surface area contributed by atoms with Crippen molar-refractivity contribution >= 4 is 23.2 Å². The standard InChI is InChI=1S/C16H16F2N2O2S/c1-10(19-15(21)14-4-3-7-23-14)16(22)20(2)9-11-5-6-12(17)8-13(11)18/h3-8,10H,9H2,1-2H3,(H,19,21). The first-order valence-corrected chi connectivity index (χ1v) is 7.79. The lowest BCUT2D eigenvalue weighted by Crippen LogP contribution is -2.45. The molecule has 1 aromatic carbocycles. The van der Waals surface area contributed by atoms with Gasteiger partial charge in [-0.3, -0.25) is 9.59 Å².